The normalized spacial score (nSPS) is 22.9. The lowest BCUT2D eigenvalue weighted by atomic mass is 10.1. The first-order valence-corrected chi connectivity index (χ1v) is 6.89. The van der Waals surface area contributed by atoms with E-state index in [4.69, 9.17) is 4.74 Å². The zero-order valence-corrected chi connectivity index (χ0v) is 11.5. The highest BCUT2D eigenvalue weighted by Gasteiger charge is 2.26. The molecule has 1 aromatic carbocycles. The van der Waals surface area contributed by atoms with Crippen LogP contribution in [0.5, 0.6) is 5.75 Å². The third kappa shape index (κ3) is 3.19. The predicted molar refractivity (Wildman–Crippen MR) is 76.2 cm³/mol. The molecular weight excluding hydrogens is 260 g/mol. The zero-order valence-electron chi connectivity index (χ0n) is 11.5. The van der Waals surface area contributed by atoms with E-state index in [9.17, 15) is 15.2 Å². The molecule has 0 bridgehead atoms. The monoisotopic (exact) mass is 280 g/mol. The van der Waals surface area contributed by atoms with Crippen molar-refractivity contribution < 1.29 is 14.8 Å². The lowest BCUT2D eigenvalue weighted by Gasteiger charge is -2.23. The van der Waals surface area contributed by atoms with Gasteiger partial charge < -0.3 is 15.2 Å². The van der Waals surface area contributed by atoms with Gasteiger partial charge in [0.25, 0.3) is 0 Å². The van der Waals surface area contributed by atoms with Crippen molar-refractivity contribution in [3.05, 3.63) is 28.3 Å². The van der Waals surface area contributed by atoms with E-state index >= 15 is 0 Å². The Hall–Kier alpha value is -1.82. The van der Waals surface area contributed by atoms with Crippen LogP contribution in [0.2, 0.25) is 0 Å². The second-order valence-corrected chi connectivity index (χ2v) is 5.07. The molecule has 0 amide bonds. The molecule has 6 nitrogen and oxygen atoms in total. The van der Waals surface area contributed by atoms with E-state index in [1.54, 1.807) is 18.2 Å². The van der Waals surface area contributed by atoms with Crippen molar-refractivity contribution in [1.82, 2.24) is 0 Å². The number of hydrogen-bond acceptors (Lipinski definition) is 5. The number of nitrogens with zero attached hydrogens (tertiary/aromatic N) is 1. The number of aliphatic hydroxyl groups excluding tert-OH is 1. The van der Waals surface area contributed by atoms with Gasteiger partial charge in [-0.25, -0.2) is 0 Å². The van der Waals surface area contributed by atoms with Crippen molar-refractivity contribution in [2.75, 3.05) is 12.4 Å². The molecule has 1 aliphatic rings. The molecule has 2 rings (SSSR count). The fourth-order valence-corrected chi connectivity index (χ4v) is 2.65. The predicted octanol–water partition coefficient (Wildman–Crippen LogP) is 2.71. The topological polar surface area (TPSA) is 84.6 Å². The van der Waals surface area contributed by atoms with Gasteiger partial charge >= 0.3 is 5.69 Å². The van der Waals surface area contributed by atoms with Crippen LogP contribution in [0.15, 0.2) is 18.2 Å². The number of nitrogens with one attached hydrogen (secondary N) is 1. The summed E-state index contributed by atoms with van der Waals surface area (Å²) in [5.41, 5.74) is 0.326. The van der Waals surface area contributed by atoms with Crippen molar-refractivity contribution in [3.63, 3.8) is 0 Å². The summed E-state index contributed by atoms with van der Waals surface area (Å²) in [6.07, 6.45) is 4.19. The van der Waals surface area contributed by atoms with Crippen LogP contribution >= 0.6 is 0 Å². The van der Waals surface area contributed by atoms with Crippen molar-refractivity contribution in [2.45, 2.75) is 44.2 Å². The number of aliphatic hydroxyl groups is 1. The largest absolute Gasteiger partial charge is 0.490 e. The molecule has 0 saturated heterocycles. The number of methoxy groups -OCH3 is 1. The Morgan fingerprint density at radius 1 is 1.35 bits per heavy atom. The van der Waals surface area contributed by atoms with Gasteiger partial charge in [-0.2, -0.15) is 0 Å². The molecule has 110 valence electrons. The second-order valence-electron chi connectivity index (χ2n) is 5.07. The van der Waals surface area contributed by atoms with Crippen LogP contribution in [0.4, 0.5) is 11.4 Å². The molecule has 2 unspecified atom stereocenters. The summed E-state index contributed by atoms with van der Waals surface area (Å²) in [6.45, 7) is 0. The maximum absolute atomic E-state index is 11.2. The summed E-state index contributed by atoms with van der Waals surface area (Å²) in [7, 11) is 1.41. The van der Waals surface area contributed by atoms with E-state index in [2.05, 4.69) is 5.32 Å². The van der Waals surface area contributed by atoms with Crippen LogP contribution in [0.25, 0.3) is 0 Å². The average Bonchev–Trinajstić information content (AvgIpc) is 2.63. The van der Waals surface area contributed by atoms with Crippen LogP contribution in [0, 0.1) is 10.1 Å². The van der Waals surface area contributed by atoms with Gasteiger partial charge in [-0.3, -0.25) is 10.1 Å². The maximum Gasteiger partial charge on any atom is 0.333 e. The van der Waals surface area contributed by atoms with E-state index in [-0.39, 0.29) is 17.5 Å². The van der Waals surface area contributed by atoms with Gasteiger partial charge in [-0.15, -0.1) is 0 Å². The minimum atomic E-state index is -0.469. The minimum Gasteiger partial charge on any atom is -0.490 e. The summed E-state index contributed by atoms with van der Waals surface area (Å²) in [5.74, 6) is 0.225. The number of para-hydroxylation sites is 1. The molecule has 0 aromatic heterocycles. The van der Waals surface area contributed by atoms with Crippen molar-refractivity contribution in [2.24, 2.45) is 0 Å². The van der Waals surface area contributed by atoms with Gasteiger partial charge in [0.05, 0.1) is 24.2 Å². The molecule has 0 aliphatic heterocycles. The van der Waals surface area contributed by atoms with Gasteiger partial charge in [0.2, 0.25) is 0 Å². The van der Waals surface area contributed by atoms with Crippen molar-refractivity contribution in [1.29, 1.82) is 0 Å². The fraction of sp³-hybridized carbons (Fsp3) is 0.571. The van der Waals surface area contributed by atoms with Gasteiger partial charge in [0.1, 0.15) is 5.69 Å². The Morgan fingerprint density at radius 3 is 2.80 bits per heavy atom. The molecule has 0 radical (unpaired) electrons. The van der Waals surface area contributed by atoms with Gasteiger partial charge in [-0.05, 0) is 25.0 Å². The highest BCUT2D eigenvalue weighted by Crippen LogP contribution is 2.35. The molecule has 0 spiro atoms. The molecular formula is C14H20N2O4. The number of benzene rings is 1. The number of anilines is 1. The molecule has 1 aliphatic carbocycles. The SMILES string of the molecule is COc1cccc(NC2CCCCCC2O)c1[N+](=O)[O-]. The molecule has 20 heavy (non-hydrogen) atoms. The molecule has 1 aromatic rings. The van der Waals surface area contributed by atoms with E-state index in [1.165, 1.54) is 7.11 Å². The van der Waals surface area contributed by atoms with E-state index in [1.807, 2.05) is 0 Å². The number of ether oxygens (including phenoxy) is 1. The molecule has 2 N–H and O–H groups in total. The second kappa shape index (κ2) is 6.56. The maximum atomic E-state index is 11.2. The highest BCUT2D eigenvalue weighted by molar-refractivity contribution is 5.68. The van der Waals surface area contributed by atoms with E-state index in [0.29, 0.717) is 5.69 Å². The first kappa shape index (κ1) is 14.6. The number of rotatable bonds is 4. The van der Waals surface area contributed by atoms with E-state index in [0.717, 1.165) is 32.1 Å². The van der Waals surface area contributed by atoms with Crippen LogP contribution in [0.3, 0.4) is 0 Å². The third-order valence-corrected chi connectivity index (χ3v) is 3.72. The summed E-state index contributed by atoms with van der Waals surface area (Å²) >= 11 is 0. The molecule has 1 fully saturated rings. The Balaban J connectivity index is 2.25. The quantitative estimate of drug-likeness (QED) is 0.503. The summed E-state index contributed by atoms with van der Waals surface area (Å²) < 4.78 is 5.04. The van der Waals surface area contributed by atoms with Gasteiger partial charge in [0.15, 0.2) is 5.75 Å². The van der Waals surface area contributed by atoms with Crippen LogP contribution in [-0.2, 0) is 0 Å². The minimum absolute atomic E-state index is 0.0774. The third-order valence-electron chi connectivity index (χ3n) is 3.72. The van der Waals surface area contributed by atoms with Crippen molar-refractivity contribution >= 4 is 11.4 Å². The Bertz CT molecular complexity index is 478. The fourth-order valence-electron chi connectivity index (χ4n) is 2.65. The lowest BCUT2D eigenvalue weighted by Crippen LogP contribution is -2.32. The molecule has 0 heterocycles. The number of nitro benzene ring substituents is 1. The first-order chi connectivity index (χ1) is 9.63. The smallest absolute Gasteiger partial charge is 0.333 e. The average molecular weight is 280 g/mol. The summed E-state index contributed by atoms with van der Waals surface area (Å²) in [6, 6.07) is 4.77. The van der Waals surface area contributed by atoms with Gasteiger partial charge in [-0.1, -0.05) is 25.3 Å². The first-order valence-electron chi connectivity index (χ1n) is 6.89. The van der Waals surface area contributed by atoms with Crippen LogP contribution in [-0.4, -0.2) is 29.3 Å². The summed E-state index contributed by atoms with van der Waals surface area (Å²) in [5, 5.41) is 24.4. The molecule has 2 atom stereocenters. The van der Waals surface area contributed by atoms with Gasteiger partial charge in [0, 0.05) is 0 Å². The summed E-state index contributed by atoms with van der Waals surface area (Å²) in [4.78, 5) is 10.8. The highest BCUT2D eigenvalue weighted by atomic mass is 16.6. The standard InChI is InChI=1S/C14H20N2O4/c1-20-13-9-5-7-11(14(13)16(18)19)15-10-6-3-2-4-8-12(10)17/h5,7,9-10,12,15,17H,2-4,6,8H2,1H3. The van der Waals surface area contributed by atoms with Crippen molar-refractivity contribution in [3.8, 4) is 5.75 Å². The molecule has 6 heteroatoms. The van der Waals surface area contributed by atoms with E-state index < -0.39 is 11.0 Å². The number of nitro groups is 1. The lowest BCUT2D eigenvalue weighted by molar-refractivity contribution is -0.384. The zero-order chi connectivity index (χ0) is 14.5. The Kier molecular flexibility index (Phi) is 4.79. The Labute approximate surface area is 117 Å². The molecule has 1 saturated carbocycles. The number of hydrogen-bond donors (Lipinski definition) is 2. The Morgan fingerprint density at radius 2 is 2.10 bits per heavy atom. The van der Waals surface area contributed by atoms with Crippen LogP contribution in [0.1, 0.15) is 32.1 Å². The van der Waals surface area contributed by atoms with Crippen LogP contribution < -0.4 is 10.1 Å².